The second kappa shape index (κ2) is 5.64. The number of hydrogen-bond acceptors (Lipinski definition) is 2. The Morgan fingerprint density at radius 1 is 1.37 bits per heavy atom. The number of anilines is 1. The number of carbonyl (C=O) groups excluding carboxylic acids is 1. The fourth-order valence-electron chi connectivity index (χ4n) is 2.98. The summed E-state index contributed by atoms with van der Waals surface area (Å²) in [5, 5.41) is 0. The zero-order chi connectivity index (χ0) is 14.0. The van der Waals surface area contributed by atoms with Gasteiger partial charge in [-0.15, -0.1) is 0 Å². The molecular weight excluding hydrogens is 236 g/mol. The molecule has 1 fully saturated rings. The molecule has 0 heterocycles. The van der Waals surface area contributed by atoms with Crippen molar-refractivity contribution in [2.45, 2.75) is 45.6 Å². The van der Waals surface area contributed by atoms with Crippen LogP contribution in [0.4, 0.5) is 5.69 Å². The molecule has 2 N–H and O–H groups in total. The van der Waals surface area contributed by atoms with Gasteiger partial charge in [-0.1, -0.05) is 25.8 Å². The molecule has 0 radical (unpaired) electrons. The average molecular weight is 260 g/mol. The maximum Gasteiger partial charge on any atom is 0.254 e. The van der Waals surface area contributed by atoms with Crippen LogP contribution in [0.5, 0.6) is 0 Å². The number of nitrogens with two attached hydrogens (primary N) is 1. The number of amides is 1. The predicted octanol–water partition coefficient (Wildman–Crippen LogP) is 3.23. The molecule has 1 aromatic rings. The Hall–Kier alpha value is -1.51. The van der Waals surface area contributed by atoms with Crippen LogP contribution in [0.1, 0.15) is 48.5 Å². The molecule has 19 heavy (non-hydrogen) atoms. The largest absolute Gasteiger partial charge is 0.399 e. The lowest BCUT2D eigenvalue weighted by Crippen LogP contribution is -2.40. The Bertz CT molecular complexity index is 470. The van der Waals surface area contributed by atoms with Crippen LogP contribution >= 0.6 is 0 Å². The SMILES string of the molecule is Cc1ccc(N)cc1C(=O)N(C)C1CCCC(C)C1. The average Bonchev–Trinajstić information content (AvgIpc) is 2.40. The molecule has 104 valence electrons. The topological polar surface area (TPSA) is 46.3 Å². The molecule has 1 amide bonds. The summed E-state index contributed by atoms with van der Waals surface area (Å²) in [4.78, 5) is 14.5. The lowest BCUT2D eigenvalue weighted by molar-refractivity contribution is 0.0671. The fourth-order valence-corrected chi connectivity index (χ4v) is 2.98. The molecule has 0 aliphatic heterocycles. The van der Waals surface area contributed by atoms with E-state index in [4.69, 9.17) is 5.73 Å². The van der Waals surface area contributed by atoms with Crippen molar-refractivity contribution >= 4 is 11.6 Å². The van der Waals surface area contributed by atoms with Gasteiger partial charge in [0.05, 0.1) is 0 Å². The quantitative estimate of drug-likeness (QED) is 0.830. The maximum absolute atomic E-state index is 12.6. The van der Waals surface area contributed by atoms with Crippen molar-refractivity contribution in [3.63, 3.8) is 0 Å². The summed E-state index contributed by atoms with van der Waals surface area (Å²) in [6.45, 7) is 4.24. The Labute approximate surface area is 115 Å². The van der Waals surface area contributed by atoms with Gasteiger partial charge < -0.3 is 10.6 Å². The summed E-state index contributed by atoms with van der Waals surface area (Å²) in [7, 11) is 1.92. The van der Waals surface area contributed by atoms with Gasteiger partial charge in [-0.3, -0.25) is 4.79 Å². The highest BCUT2D eigenvalue weighted by molar-refractivity contribution is 5.96. The summed E-state index contributed by atoms with van der Waals surface area (Å²) < 4.78 is 0. The van der Waals surface area contributed by atoms with Gasteiger partial charge in [0.15, 0.2) is 0 Å². The summed E-state index contributed by atoms with van der Waals surface area (Å²) >= 11 is 0. The smallest absolute Gasteiger partial charge is 0.254 e. The second-order valence-corrected chi connectivity index (χ2v) is 5.92. The Balaban J connectivity index is 2.16. The minimum atomic E-state index is 0.101. The zero-order valence-electron chi connectivity index (χ0n) is 12.1. The third-order valence-electron chi connectivity index (χ3n) is 4.27. The minimum absolute atomic E-state index is 0.101. The molecule has 0 aromatic heterocycles. The van der Waals surface area contributed by atoms with Gasteiger partial charge in [0, 0.05) is 24.3 Å². The van der Waals surface area contributed by atoms with Crippen LogP contribution in [0.15, 0.2) is 18.2 Å². The summed E-state index contributed by atoms with van der Waals surface area (Å²) in [5.74, 6) is 0.819. The first-order valence-electron chi connectivity index (χ1n) is 7.12. The number of nitrogens with zero attached hydrogens (tertiary/aromatic N) is 1. The predicted molar refractivity (Wildman–Crippen MR) is 79.1 cm³/mol. The highest BCUT2D eigenvalue weighted by Gasteiger charge is 2.26. The van der Waals surface area contributed by atoms with Gasteiger partial charge in [0.1, 0.15) is 0 Å². The van der Waals surface area contributed by atoms with Gasteiger partial charge in [-0.2, -0.15) is 0 Å². The molecule has 0 bridgehead atoms. The number of carbonyl (C=O) groups is 1. The van der Waals surface area contributed by atoms with Gasteiger partial charge in [-0.05, 0) is 43.4 Å². The summed E-state index contributed by atoms with van der Waals surface area (Å²) in [6.07, 6.45) is 4.74. The number of hydrogen-bond donors (Lipinski definition) is 1. The van der Waals surface area contributed by atoms with Crippen molar-refractivity contribution in [1.29, 1.82) is 0 Å². The Kier molecular flexibility index (Phi) is 4.13. The molecule has 0 spiro atoms. The van der Waals surface area contributed by atoms with Gasteiger partial charge in [0.2, 0.25) is 0 Å². The van der Waals surface area contributed by atoms with Gasteiger partial charge >= 0.3 is 0 Å². The monoisotopic (exact) mass is 260 g/mol. The fraction of sp³-hybridized carbons (Fsp3) is 0.562. The van der Waals surface area contributed by atoms with Crippen LogP contribution in [0.2, 0.25) is 0 Å². The van der Waals surface area contributed by atoms with E-state index in [2.05, 4.69) is 6.92 Å². The van der Waals surface area contributed by atoms with Crippen LogP contribution < -0.4 is 5.73 Å². The molecule has 2 unspecified atom stereocenters. The van der Waals surface area contributed by atoms with Crippen LogP contribution in [0, 0.1) is 12.8 Å². The number of nitrogen functional groups attached to an aromatic ring is 1. The minimum Gasteiger partial charge on any atom is -0.399 e. The lowest BCUT2D eigenvalue weighted by atomic mass is 9.86. The summed E-state index contributed by atoms with van der Waals surface area (Å²) in [5.41, 5.74) is 8.18. The first kappa shape index (κ1) is 13.9. The molecule has 3 nitrogen and oxygen atoms in total. The van der Waals surface area contributed by atoms with Crippen molar-refractivity contribution in [3.05, 3.63) is 29.3 Å². The van der Waals surface area contributed by atoms with E-state index < -0.39 is 0 Å². The molecule has 3 heteroatoms. The normalized spacial score (nSPS) is 23.1. The van der Waals surface area contributed by atoms with E-state index in [9.17, 15) is 4.79 Å². The van der Waals surface area contributed by atoms with Crippen molar-refractivity contribution in [1.82, 2.24) is 4.90 Å². The third kappa shape index (κ3) is 3.09. The number of rotatable bonds is 2. The van der Waals surface area contributed by atoms with Gasteiger partial charge in [-0.25, -0.2) is 0 Å². The Morgan fingerprint density at radius 2 is 2.11 bits per heavy atom. The molecule has 0 saturated heterocycles. The van der Waals surface area contributed by atoms with E-state index in [1.54, 1.807) is 6.07 Å². The number of aryl methyl sites for hydroxylation is 1. The van der Waals surface area contributed by atoms with Crippen LogP contribution in [0.3, 0.4) is 0 Å². The standard InChI is InChI=1S/C16H24N2O/c1-11-5-4-6-14(9-11)18(3)16(19)15-10-13(17)8-7-12(15)2/h7-8,10-11,14H,4-6,9,17H2,1-3H3. The molecule has 2 rings (SSSR count). The van der Waals surface area contributed by atoms with E-state index in [1.807, 2.05) is 31.0 Å². The second-order valence-electron chi connectivity index (χ2n) is 5.92. The van der Waals surface area contributed by atoms with Crippen molar-refractivity contribution in [2.75, 3.05) is 12.8 Å². The van der Waals surface area contributed by atoms with E-state index in [0.717, 1.165) is 29.9 Å². The van der Waals surface area contributed by atoms with E-state index in [1.165, 1.54) is 12.8 Å². The van der Waals surface area contributed by atoms with Crippen LogP contribution in [-0.2, 0) is 0 Å². The van der Waals surface area contributed by atoms with Crippen molar-refractivity contribution in [2.24, 2.45) is 5.92 Å². The van der Waals surface area contributed by atoms with Crippen LogP contribution in [-0.4, -0.2) is 23.9 Å². The van der Waals surface area contributed by atoms with E-state index in [-0.39, 0.29) is 5.91 Å². The first-order valence-corrected chi connectivity index (χ1v) is 7.12. The Morgan fingerprint density at radius 3 is 2.79 bits per heavy atom. The molecule has 1 aliphatic carbocycles. The first-order chi connectivity index (χ1) is 8.99. The van der Waals surface area contributed by atoms with Crippen molar-refractivity contribution in [3.8, 4) is 0 Å². The number of benzene rings is 1. The molecule has 2 atom stereocenters. The molecule has 1 aliphatic rings. The van der Waals surface area contributed by atoms with Gasteiger partial charge in [0.25, 0.3) is 5.91 Å². The third-order valence-corrected chi connectivity index (χ3v) is 4.27. The molecule has 1 saturated carbocycles. The van der Waals surface area contributed by atoms with E-state index >= 15 is 0 Å². The maximum atomic E-state index is 12.6. The van der Waals surface area contributed by atoms with E-state index in [0.29, 0.717) is 11.7 Å². The lowest BCUT2D eigenvalue weighted by Gasteiger charge is -2.34. The molecular formula is C16H24N2O. The highest BCUT2D eigenvalue weighted by Crippen LogP contribution is 2.28. The summed E-state index contributed by atoms with van der Waals surface area (Å²) in [6, 6.07) is 5.92. The molecule has 1 aromatic carbocycles. The van der Waals surface area contributed by atoms with Crippen LogP contribution in [0.25, 0.3) is 0 Å². The zero-order valence-corrected chi connectivity index (χ0v) is 12.1. The van der Waals surface area contributed by atoms with Crippen molar-refractivity contribution < 1.29 is 4.79 Å². The highest BCUT2D eigenvalue weighted by atomic mass is 16.2.